The zero-order valence-corrected chi connectivity index (χ0v) is 17.1. The minimum absolute atomic E-state index is 0.0387. The molecule has 0 bridgehead atoms. The van der Waals surface area contributed by atoms with E-state index in [1.54, 1.807) is 4.90 Å². The summed E-state index contributed by atoms with van der Waals surface area (Å²) < 4.78 is 0. The second kappa shape index (κ2) is 7.27. The van der Waals surface area contributed by atoms with E-state index in [1.165, 1.54) is 0 Å². The zero-order valence-electron chi connectivity index (χ0n) is 17.1. The molecule has 3 aliphatic rings. The number of rotatable bonds is 4. The molecule has 1 saturated carbocycles. The van der Waals surface area contributed by atoms with Crippen LogP contribution in [0.5, 0.6) is 0 Å². The summed E-state index contributed by atoms with van der Waals surface area (Å²) in [7, 11) is 0. The Bertz CT molecular complexity index is 1040. The highest BCUT2D eigenvalue weighted by Gasteiger charge is 2.38. The first-order valence-electron chi connectivity index (χ1n) is 10.6. The van der Waals surface area contributed by atoms with Crippen molar-refractivity contribution in [2.24, 2.45) is 11.8 Å². The Kier molecular flexibility index (Phi) is 4.57. The summed E-state index contributed by atoms with van der Waals surface area (Å²) in [6.07, 6.45) is 3.01. The highest BCUT2D eigenvalue weighted by Crippen LogP contribution is 2.38. The Morgan fingerprint density at radius 1 is 1.07 bits per heavy atom. The number of hydrogen-bond acceptors (Lipinski definition) is 3. The Morgan fingerprint density at radius 3 is 2.67 bits per heavy atom. The van der Waals surface area contributed by atoms with Crippen molar-refractivity contribution >= 4 is 34.8 Å². The highest BCUT2D eigenvalue weighted by atomic mass is 16.2. The molecule has 6 nitrogen and oxygen atoms in total. The van der Waals surface area contributed by atoms with Crippen LogP contribution in [0.25, 0.3) is 0 Å². The van der Waals surface area contributed by atoms with Crippen LogP contribution >= 0.6 is 0 Å². The predicted octanol–water partition coefficient (Wildman–Crippen LogP) is 3.29. The molecule has 2 fully saturated rings. The van der Waals surface area contributed by atoms with Crippen molar-refractivity contribution in [2.75, 3.05) is 28.2 Å². The molecule has 154 valence electrons. The molecule has 6 heteroatoms. The largest absolute Gasteiger partial charge is 0.326 e. The zero-order chi connectivity index (χ0) is 20.8. The fourth-order valence-corrected chi connectivity index (χ4v) is 4.44. The van der Waals surface area contributed by atoms with Gasteiger partial charge in [-0.25, -0.2) is 0 Å². The summed E-state index contributed by atoms with van der Waals surface area (Å²) in [4.78, 5) is 41.4. The minimum atomic E-state index is -0.376. The van der Waals surface area contributed by atoms with Gasteiger partial charge in [-0.1, -0.05) is 12.1 Å². The number of benzene rings is 2. The molecule has 1 aliphatic carbocycles. The van der Waals surface area contributed by atoms with Crippen molar-refractivity contribution < 1.29 is 14.4 Å². The summed E-state index contributed by atoms with van der Waals surface area (Å²) >= 11 is 0. The Labute approximate surface area is 175 Å². The highest BCUT2D eigenvalue weighted by molar-refractivity contribution is 6.04. The maximum Gasteiger partial charge on any atom is 0.230 e. The van der Waals surface area contributed by atoms with Gasteiger partial charge in [-0.05, 0) is 67.6 Å². The monoisotopic (exact) mass is 403 g/mol. The van der Waals surface area contributed by atoms with Gasteiger partial charge in [0.2, 0.25) is 17.7 Å². The third-order valence-electron chi connectivity index (χ3n) is 6.24. The van der Waals surface area contributed by atoms with Gasteiger partial charge in [-0.2, -0.15) is 0 Å². The average Bonchev–Trinajstić information content (AvgIpc) is 3.38. The number of carbonyl (C=O) groups excluding carboxylic acids is 3. The first kappa shape index (κ1) is 18.9. The van der Waals surface area contributed by atoms with Crippen molar-refractivity contribution in [3.63, 3.8) is 0 Å². The van der Waals surface area contributed by atoms with E-state index in [2.05, 4.69) is 5.32 Å². The molecule has 30 heavy (non-hydrogen) atoms. The summed E-state index contributed by atoms with van der Waals surface area (Å²) in [5.41, 5.74) is 4.71. The molecular weight excluding hydrogens is 378 g/mol. The first-order chi connectivity index (χ1) is 14.5. The van der Waals surface area contributed by atoms with Crippen LogP contribution in [0.3, 0.4) is 0 Å². The SMILES string of the molecule is Cc1cccc(NC(=O)C2CC(=O)N(c3ccc4c(c3)CCN4C(=O)C3CC3)C2)c1. The molecule has 2 aromatic carbocycles. The van der Waals surface area contributed by atoms with Crippen LogP contribution in [0.2, 0.25) is 0 Å². The summed E-state index contributed by atoms with van der Waals surface area (Å²) in [5, 5.41) is 2.93. The molecule has 5 rings (SSSR count). The van der Waals surface area contributed by atoms with Crippen LogP contribution in [0.4, 0.5) is 17.1 Å². The van der Waals surface area contributed by atoms with Gasteiger partial charge in [0.1, 0.15) is 0 Å². The summed E-state index contributed by atoms with van der Waals surface area (Å²) in [6.45, 7) is 3.06. The Hall–Kier alpha value is -3.15. The summed E-state index contributed by atoms with van der Waals surface area (Å²) in [5.74, 6) is -0.114. The van der Waals surface area contributed by atoms with E-state index >= 15 is 0 Å². The van der Waals surface area contributed by atoms with Crippen molar-refractivity contribution in [3.8, 4) is 0 Å². The molecule has 2 aromatic rings. The first-order valence-corrected chi connectivity index (χ1v) is 10.6. The van der Waals surface area contributed by atoms with Gasteiger partial charge in [-0.3, -0.25) is 14.4 Å². The van der Waals surface area contributed by atoms with Gasteiger partial charge < -0.3 is 15.1 Å². The van der Waals surface area contributed by atoms with Gasteiger partial charge in [0.05, 0.1) is 5.92 Å². The van der Waals surface area contributed by atoms with E-state index in [1.807, 2.05) is 54.3 Å². The third-order valence-corrected chi connectivity index (χ3v) is 6.24. The van der Waals surface area contributed by atoms with E-state index in [0.29, 0.717) is 13.1 Å². The van der Waals surface area contributed by atoms with Crippen molar-refractivity contribution in [3.05, 3.63) is 53.6 Å². The molecule has 0 aromatic heterocycles. The van der Waals surface area contributed by atoms with E-state index < -0.39 is 0 Å². The fourth-order valence-electron chi connectivity index (χ4n) is 4.44. The normalized spacial score (nSPS) is 20.4. The number of carbonyl (C=O) groups is 3. The molecule has 1 unspecified atom stereocenters. The number of aryl methyl sites for hydroxylation is 1. The number of amides is 3. The smallest absolute Gasteiger partial charge is 0.230 e. The molecule has 2 heterocycles. The Balaban J connectivity index is 1.29. The predicted molar refractivity (Wildman–Crippen MR) is 115 cm³/mol. The minimum Gasteiger partial charge on any atom is -0.326 e. The van der Waals surface area contributed by atoms with Gasteiger partial charge in [0.25, 0.3) is 0 Å². The van der Waals surface area contributed by atoms with Crippen LogP contribution in [0, 0.1) is 18.8 Å². The lowest BCUT2D eigenvalue weighted by Gasteiger charge is -2.20. The maximum atomic E-state index is 12.7. The average molecular weight is 403 g/mol. The van der Waals surface area contributed by atoms with E-state index in [-0.39, 0.29) is 36.0 Å². The van der Waals surface area contributed by atoms with Crippen LogP contribution in [0.15, 0.2) is 42.5 Å². The second-order valence-electron chi connectivity index (χ2n) is 8.59. The van der Waals surface area contributed by atoms with Crippen LogP contribution in [-0.2, 0) is 20.8 Å². The lowest BCUT2D eigenvalue weighted by atomic mass is 10.1. The lowest BCUT2D eigenvalue weighted by molar-refractivity contribution is -0.122. The van der Waals surface area contributed by atoms with E-state index in [9.17, 15) is 14.4 Å². The topological polar surface area (TPSA) is 69.7 Å². The molecule has 1 atom stereocenters. The van der Waals surface area contributed by atoms with Crippen LogP contribution in [-0.4, -0.2) is 30.8 Å². The standard InChI is InChI=1S/C24H25N3O3/c1-15-3-2-4-19(11-15)25-23(29)18-13-22(28)27(14-18)20-7-8-21-17(12-20)9-10-26(21)24(30)16-5-6-16/h2-4,7-8,11-12,16,18H,5-6,9-10,13-14H2,1H3,(H,25,29). The third kappa shape index (κ3) is 3.47. The lowest BCUT2D eigenvalue weighted by Crippen LogP contribution is -2.30. The van der Waals surface area contributed by atoms with Crippen molar-refractivity contribution in [1.82, 2.24) is 0 Å². The molecule has 2 aliphatic heterocycles. The molecule has 3 amide bonds. The number of anilines is 3. The maximum absolute atomic E-state index is 12.7. The van der Waals surface area contributed by atoms with Gasteiger partial charge in [-0.15, -0.1) is 0 Å². The van der Waals surface area contributed by atoms with Gasteiger partial charge in [0.15, 0.2) is 0 Å². The van der Waals surface area contributed by atoms with E-state index in [0.717, 1.165) is 47.5 Å². The van der Waals surface area contributed by atoms with Gasteiger partial charge in [0, 0.05) is 42.5 Å². The fraction of sp³-hybridized carbons (Fsp3) is 0.375. The number of nitrogens with zero attached hydrogens (tertiary/aromatic N) is 2. The quantitative estimate of drug-likeness (QED) is 0.852. The van der Waals surface area contributed by atoms with Crippen LogP contribution in [0.1, 0.15) is 30.4 Å². The Morgan fingerprint density at radius 2 is 1.90 bits per heavy atom. The van der Waals surface area contributed by atoms with E-state index in [4.69, 9.17) is 0 Å². The molecular formula is C24H25N3O3. The molecule has 0 spiro atoms. The molecule has 1 N–H and O–H groups in total. The van der Waals surface area contributed by atoms with Crippen molar-refractivity contribution in [1.29, 1.82) is 0 Å². The number of nitrogens with one attached hydrogen (secondary N) is 1. The summed E-state index contributed by atoms with van der Waals surface area (Å²) in [6, 6.07) is 13.5. The van der Waals surface area contributed by atoms with Crippen LogP contribution < -0.4 is 15.1 Å². The van der Waals surface area contributed by atoms with Crippen molar-refractivity contribution in [2.45, 2.75) is 32.6 Å². The molecule has 1 saturated heterocycles. The molecule has 0 radical (unpaired) electrons. The number of hydrogen-bond donors (Lipinski definition) is 1. The van der Waals surface area contributed by atoms with Gasteiger partial charge >= 0.3 is 0 Å². The number of fused-ring (bicyclic) bond motifs is 1. The second-order valence-corrected chi connectivity index (χ2v) is 8.59.